The first-order valence-electron chi connectivity index (χ1n) is 8.18. The SMILES string of the molecule is CC1Cc2ccc(-c3ccn(C)n3)cc2CN1c1cc(Cl)nc(N)n1. The van der Waals surface area contributed by atoms with E-state index >= 15 is 0 Å². The molecule has 0 bridgehead atoms. The summed E-state index contributed by atoms with van der Waals surface area (Å²) in [5.41, 5.74) is 10.5. The summed E-state index contributed by atoms with van der Waals surface area (Å²) in [6.07, 6.45) is 2.90. The van der Waals surface area contributed by atoms with Gasteiger partial charge in [-0.1, -0.05) is 23.7 Å². The van der Waals surface area contributed by atoms with E-state index in [-0.39, 0.29) is 5.95 Å². The number of nitrogens with zero attached hydrogens (tertiary/aromatic N) is 5. The van der Waals surface area contributed by atoms with Gasteiger partial charge in [-0.2, -0.15) is 10.1 Å². The Balaban J connectivity index is 1.70. The smallest absolute Gasteiger partial charge is 0.223 e. The molecule has 0 radical (unpaired) electrons. The summed E-state index contributed by atoms with van der Waals surface area (Å²) in [5.74, 6) is 0.960. The van der Waals surface area contributed by atoms with Crippen LogP contribution in [0.1, 0.15) is 18.1 Å². The molecule has 128 valence electrons. The molecule has 2 aromatic heterocycles. The molecule has 1 aromatic carbocycles. The second-order valence-corrected chi connectivity index (χ2v) is 6.83. The number of anilines is 2. The van der Waals surface area contributed by atoms with Crippen molar-refractivity contribution >= 4 is 23.4 Å². The van der Waals surface area contributed by atoms with E-state index in [9.17, 15) is 0 Å². The number of benzene rings is 1. The van der Waals surface area contributed by atoms with Crippen LogP contribution in [0.5, 0.6) is 0 Å². The van der Waals surface area contributed by atoms with Gasteiger partial charge in [0, 0.05) is 37.5 Å². The van der Waals surface area contributed by atoms with Gasteiger partial charge in [0.25, 0.3) is 0 Å². The van der Waals surface area contributed by atoms with Crippen LogP contribution >= 0.6 is 11.6 Å². The topological polar surface area (TPSA) is 72.9 Å². The fraction of sp³-hybridized carbons (Fsp3) is 0.278. The molecule has 1 aliphatic heterocycles. The van der Waals surface area contributed by atoms with Gasteiger partial charge in [0.15, 0.2) is 0 Å². The van der Waals surface area contributed by atoms with Gasteiger partial charge in [0.2, 0.25) is 5.95 Å². The highest BCUT2D eigenvalue weighted by molar-refractivity contribution is 6.29. The predicted octanol–water partition coefficient (Wildman–Crippen LogP) is 3.06. The van der Waals surface area contributed by atoms with E-state index in [0.29, 0.717) is 11.2 Å². The second kappa shape index (κ2) is 6.04. The van der Waals surface area contributed by atoms with Crippen molar-refractivity contribution in [2.45, 2.75) is 25.9 Å². The van der Waals surface area contributed by atoms with Crippen LogP contribution in [-0.2, 0) is 20.0 Å². The molecule has 1 unspecified atom stereocenters. The number of aryl methyl sites for hydroxylation is 1. The predicted molar refractivity (Wildman–Crippen MR) is 99.4 cm³/mol. The Morgan fingerprint density at radius 1 is 1.16 bits per heavy atom. The lowest BCUT2D eigenvalue weighted by molar-refractivity contribution is 0.587. The molecule has 3 heterocycles. The molecule has 6 nitrogen and oxygen atoms in total. The number of halogens is 1. The molecule has 2 N–H and O–H groups in total. The number of nitrogen functional groups attached to an aromatic ring is 1. The molecule has 1 atom stereocenters. The van der Waals surface area contributed by atoms with Crippen molar-refractivity contribution in [3.8, 4) is 11.3 Å². The maximum Gasteiger partial charge on any atom is 0.223 e. The summed E-state index contributed by atoms with van der Waals surface area (Å²) < 4.78 is 1.81. The number of nitrogens with two attached hydrogens (primary N) is 1. The van der Waals surface area contributed by atoms with E-state index in [1.165, 1.54) is 11.1 Å². The first kappa shape index (κ1) is 15.9. The van der Waals surface area contributed by atoms with Crippen LogP contribution in [0, 0.1) is 0 Å². The van der Waals surface area contributed by atoms with Crippen molar-refractivity contribution in [1.29, 1.82) is 0 Å². The largest absolute Gasteiger partial charge is 0.368 e. The second-order valence-electron chi connectivity index (χ2n) is 6.45. The number of hydrogen-bond acceptors (Lipinski definition) is 5. The van der Waals surface area contributed by atoms with Crippen LogP contribution in [0.15, 0.2) is 36.5 Å². The number of aromatic nitrogens is 4. The summed E-state index contributed by atoms with van der Waals surface area (Å²) in [6, 6.07) is 10.6. The molecular weight excluding hydrogens is 336 g/mol. The highest BCUT2D eigenvalue weighted by atomic mass is 35.5. The van der Waals surface area contributed by atoms with Crippen LogP contribution in [0.4, 0.5) is 11.8 Å². The van der Waals surface area contributed by atoms with Gasteiger partial charge in [-0.25, -0.2) is 4.98 Å². The molecule has 0 amide bonds. The third-order valence-electron chi connectivity index (χ3n) is 4.60. The Kier molecular flexibility index (Phi) is 3.84. The zero-order valence-electron chi connectivity index (χ0n) is 14.1. The molecular formula is C18H19ClN6. The van der Waals surface area contributed by atoms with Crippen molar-refractivity contribution in [3.63, 3.8) is 0 Å². The van der Waals surface area contributed by atoms with E-state index in [1.807, 2.05) is 24.0 Å². The normalized spacial score (nSPS) is 16.8. The summed E-state index contributed by atoms with van der Waals surface area (Å²) in [5, 5.41) is 4.86. The minimum absolute atomic E-state index is 0.197. The van der Waals surface area contributed by atoms with Crippen LogP contribution in [0.3, 0.4) is 0 Å². The summed E-state index contributed by atoms with van der Waals surface area (Å²) >= 11 is 6.06. The molecule has 25 heavy (non-hydrogen) atoms. The summed E-state index contributed by atoms with van der Waals surface area (Å²) in [4.78, 5) is 10.5. The Morgan fingerprint density at radius 2 is 2.00 bits per heavy atom. The molecule has 0 saturated heterocycles. The maximum atomic E-state index is 6.06. The van der Waals surface area contributed by atoms with Gasteiger partial charge in [0.1, 0.15) is 11.0 Å². The van der Waals surface area contributed by atoms with E-state index in [4.69, 9.17) is 17.3 Å². The van der Waals surface area contributed by atoms with Gasteiger partial charge < -0.3 is 10.6 Å². The van der Waals surface area contributed by atoms with Crippen LogP contribution < -0.4 is 10.6 Å². The van der Waals surface area contributed by atoms with Crippen molar-refractivity contribution in [1.82, 2.24) is 19.7 Å². The van der Waals surface area contributed by atoms with Crippen LogP contribution in [0.25, 0.3) is 11.3 Å². The number of fused-ring (bicyclic) bond motifs is 1. The molecule has 0 fully saturated rings. The summed E-state index contributed by atoms with van der Waals surface area (Å²) in [7, 11) is 1.93. The Bertz CT molecular complexity index is 915. The Labute approximate surface area is 151 Å². The average Bonchev–Trinajstić information content (AvgIpc) is 2.99. The van der Waals surface area contributed by atoms with Gasteiger partial charge in [-0.3, -0.25) is 4.68 Å². The third-order valence-corrected chi connectivity index (χ3v) is 4.79. The van der Waals surface area contributed by atoms with Gasteiger partial charge in [-0.05, 0) is 36.6 Å². The number of rotatable bonds is 2. The highest BCUT2D eigenvalue weighted by Gasteiger charge is 2.25. The van der Waals surface area contributed by atoms with Crippen molar-refractivity contribution in [2.24, 2.45) is 7.05 Å². The standard InChI is InChI=1S/C18H19ClN6/c1-11-7-12-3-4-13(15-5-6-24(2)23-15)8-14(12)10-25(11)17-9-16(19)21-18(20)22-17/h3-6,8-9,11H,7,10H2,1-2H3,(H2,20,21,22). The molecule has 7 heteroatoms. The molecule has 4 rings (SSSR count). The lowest BCUT2D eigenvalue weighted by Crippen LogP contribution is -2.39. The summed E-state index contributed by atoms with van der Waals surface area (Å²) in [6.45, 7) is 2.94. The van der Waals surface area contributed by atoms with E-state index in [1.54, 1.807) is 6.07 Å². The number of hydrogen-bond donors (Lipinski definition) is 1. The molecule has 0 spiro atoms. The van der Waals surface area contributed by atoms with Crippen molar-refractivity contribution in [3.05, 3.63) is 52.8 Å². The highest BCUT2D eigenvalue weighted by Crippen LogP contribution is 2.31. The van der Waals surface area contributed by atoms with Gasteiger partial charge in [-0.15, -0.1) is 0 Å². The molecule has 0 aliphatic carbocycles. The quantitative estimate of drug-likeness (QED) is 0.716. The third kappa shape index (κ3) is 3.05. The average molecular weight is 355 g/mol. The zero-order valence-corrected chi connectivity index (χ0v) is 14.9. The van der Waals surface area contributed by atoms with Crippen molar-refractivity contribution in [2.75, 3.05) is 10.6 Å². The molecule has 3 aromatic rings. The van der Waals surface area contributed by atoms with E-state index in [2.05, 4.69) is 45.1 Å². The first-order valence-corrected chi connectivity index (χ1v) is 8.56. The molecule has 0 saturated carbocycles. The Morgan fingerprint density at radius 3 is 2.72 bits per heavy atom. The lowest BCUT2D eigenvalue weighted by Gasteiger charge is -2.36. The molecule has 1 aliphatic rings. The van der Waals surface area contributed by atoms with Crippen molar-refractivity contribution < 1.29 is 0 Å². The maximum absolute atomic E-state index is 6.06. The zero-order chi connectivity index (χ0) is 17.6. The minimum Gasteiger partial charge on any atom is -0.368 e. The van der Waals surface area contributed by atoms with Gasteiger partial charge in [0.05, 0.1) is 5.69 Å². The first-order chi connectivity index (χ1) is 12.0. The fourth-order valence-corrected chi connectivity index (χ4v) is 3.53. The van der Waals surface area contributed by atoms with Crippen LogP contribution in [0.2, 0.25) is 5.15 Å². The Hall–Kier alpha value is -2.60. The minimum atomic E-state index is 0.197. The van der Waals surface area contributed by atoms with E-state index in [0.717, 1.165) is 30.0 Å². The van der Waals surface area contributed by atoms with E-state index < -0.39 is 0 Å². The fourth-order valence-electron chi connectivity index (χ4n) is 3.35. The van der Waals surface area contributed by atoms with Gasteiger partial charge >= 0.3 is 0 Å². The lowest BCUT2D eigenvalue weighted by atomic mass is 9.92. The monoisotopic (exact) mass is 354 g/mol. The van der Waals surface area contributed by atoms with Crippen LogP contribution in [-0.4, -0.2) is 25.8 Å².